The number of nitrogens with one attached hydrogen (secondary N) is 1. The van der Waals surface area contributed by atoms with E-state index in [1.54, 1.807) is 6.07 Å². The van der Waals surface area contributed by atoms with Crippen LogP contribution in [0.3, 0.4) is 0 Å². The van der Waals surface area contributed by atoms with Crippen molar-refractivity contribution in [1.82, 2.24) is 0 Å². The number of nitrogens with zero attached hydrogens (tertiary/aromatic N) is 1. The maximum absolute atomic E-state index is 13.0. The molecule has 0 saturated heterocycles. The second-order valence-electron chi connectivity index (χ2n) is 7.23. The molecule has 3 nitrogen and oxygen atoms in total. The van der Waals surface area contributed by atoms with Crippen LogP contribution in [0.15, 0.2) is 60.7 Å². The van der Waals surface area contributed by atoms with Gasteiger partial charge in [-0.25, -0.2) is 0 Å². The first kappa shape index (κ1) is 20.1. The Balaban J connectivity index is 1.63. The van der Waals surface area contributed by atoms with Crippen molar-refractivity contribution in [2.24, 2.45) is 0 Å². The second kappa shape index (κ2) is 7.94. The van der Waals surface area contributed by atoms with E-state index in [1.807, 2.05) is 18.2 Å². The molecule has 0 aromatic heterocycles. The number of ether oxygens (including phenoxy) is 1. The number of hydrogen-bond acceptors (Lipinski definition) is 3. The molecular formula is C24H23F3N2O. The molecule has 0 bridgehead atoms. The van der Waals surface area contributed by atoms with Gasteiger partial charge >= 0.3 is 6.18 Å². The molecule has 0 unspecified atom stereocenters. The fourth-order valence-corrected chi connectivity index (χ4v) is 3.77. The lowest BCUT2D eigenvalue weighted by atomic mass is 9.98. The molecule has 156 valence electrons. The fraction of sp³-hybridized carbons (Fsp3) is 0.250. The van der Waals surface area contributed by atoms with Gasteiger partial charge in [-0.2, -0.15) is 13.2 Å². The highest BCUT2D eigenvalue weighted by molar-refractivity contribution is 5.70. The van der Waals surface area contributed by atoms with E-state index >= 15 is 0 Å². The molecule has 1 heterocycles. The Morgan fingerprint density at radius 3 is 2.43 bits per heavy atom. The molecule has 0 amide bonds. The maximum atomic E-state index is 13.0. The molecule has 1 N–H and O–H groups in total. The van der Waals surface area contributed by atoms with Crippen LogP contribution in [-0.2, 0) is 12.6 Å². The van der Waals surface area contributed by atoms with Crippen LogP contribution in [-0.4, -0.2) is 13.1 Å². The molecule has 0 fully saturated rings. The summed E-state index contributed by atoms with van der Waals surface area (Å²) in [6, 6.07) is 17.0. The lowest BCUT2D eigenvalue weighted by molar-refractivity contribution is -0.137. The van der Waals surface area contributed by atoms with Crippen molar-refractivity contribution in [3.63, 3.8) is 0 Å². The SMILES string of the molecule is CCN(CC)c1ccc2c(c1)Oc1cccc(Nc3cccc(C(F)(F)F)c3)c1C2. The quantitative estimate of drug-likeness (QED) is 0.382. The monoisotopic (exact) mass is 412 g/mol. The van der Waals surface area contributed by atoms with E-state index in [1.165, 1.54) is 6.07 Å². The van der Waals surface area contributed by atoms with Gasteiger partial charge in [0.2, 0.25) is 0 Å². The molecule has 0 atom stereocenters. The van der Waals surface area contributed by atoms with Gasteiger partial charge in [-0.1, -0.05) is 18.2 Å². The summed E-state index contributed by atoms with van der Waals surface area (Å²) in [5.74, 6) is 1.54. The molecule has 0 radical (unpaired) electrons. The molecule has 0 aliphatic carbocycles. The van der Waals surface area contributed by atoms with E-state index in [0.29, 0.717) is 12.1 Å². The van der Waals surface area contributed by atoms with Crippen LogP contribution in [0.4, 0.5) is 30.2 Å². The minimum atomic E-state index is -4.38. The smallest absolute Gasteiger partial charge is 0.416 e. The summed E-state index contributed by atoms with van der Waals surface area (Å²) in [6.45, 7) is 6.06. The van der Waals surface area contributed by atoms with Crippen LogP contribution >= 0.6 is 0 Å². The number of hydrogen-bond donors (Lipinski definition) is 1. The van der Waals surface area contributed by atoms with Crippen molar-refractivity contribution in [3.05, 3.63) is 77.4 Å². The lowest BCUT2D eigenvalue weighted by Crippen LogP contribution is -2.22. The number of benzene rings is 3. The summed E-state index contributed by atoms with van der Waals surface area (Å²) in [5, 5.41) is 3.13. The highest BCUT2D eigenvalue weighted by atomic mass is 19.4. The second-order valence-corrected chi connectivity index (χ2v) is 7.23. The molecule has 0 spiro atoms. The highest BCUT2D eigenvalue weighted by Gasteiger charge is 2.30. The summed E-state index contributed by atoms with van der Waals surface area (Å²) in [6.07, 6.45) is -3.73. The Hall–Kier alpha value is -3.15. The molecule has 3 aromatic carbocycles. The zero-order chi connectivity index (χ0) is 21.3. The summed E-state index contributed by atoms with van der Waals surface area (Å²) < 4.78 is 45.3. The van der Waals surface area contributed by atoms with Crippen LogP contribution in [0.1, 0.15) is 30.5 Å². The third-order valence-corrected chi connectivity index (χ3v) is 5.37. The number of halogens is 3. The van der Waals surface area contributed by atoms with E-state index in [0.717, 1.165) is 59.2 Å². The molecule has 0 saturated carbocycles. The van der Waals surface area contributed by atoms with Gasteiger partial charge in [-0.3, -0.25) is 0 Å². The minimum Gasteiger partial charge on any atom is -0.457 e. The van der Waals surface area contributed by atoms with Crippen LogP contribution in [0.2, 0.25) is 0 Å². The number of rotatable bonds is 5. The summed E-state index contributed by atoms with van der Waals surface area (Å²) in [4.78, 5) is 2.25. The number of fused-ring (bicyclic) bond motifs is 2. The zero-order valence-corrected chi connectivity index (χ0v) is 16.9. The van der Waals surface area contributed by atoms with Crippen LogP contribution in [0.5, 0.6) is 11.5 Å². The van der Waals surface area contributed by atoms with Gasteiger partial charge in [-0.15, -0.1) is 0 Å². The average Bonchev–Trinajstić information content (AvgIpc) is 2.73. The summed E-state index contributed by atoms with van der Waals surface area (Å²) in [7, 11) is 0. The van der Waals surface area contributed by atoms with Crippen molar-refractivity contribution in [1.29, 1.82) is 0 Å². The van der Waals surface area contributed by atoms with Crippen LogP contribution in [0.25, 0.3) is 0 Å². The Labute approximate surface area is 174 Å². The number of alkyl halides is 3. The molecule has 30 heavy (non-hydrogen) atoms. The Morgan fingerprint density at radius 2 is 1.70 bits per heavy atom. The first-order valence-corrected chi connectivity index (χ1v) is 10.0. The molecule has 1 aliphatic heterocycles. The van der Waals surface area contributed by atoms with E-state index < -0.39 is 11.7 Å². The summed E-state index contributed by atoms with van der Waals surface area (Å²) in [5.41, 5.74) is 3.55. The zero-order valence-electron chi connectivity index (χ0n) is 16.9. The Kier molecular flexibility index (Phi) is 5.33. The predicted molar refractivity (Wildman–Crippen MR) is 114 cm³/mol. The molecule has 4 rings (SSSR count). The van der Waals surface area contributed by atoms with E-state index in [4.69, 9.17) is 4.74 Å². The highest BCUT2D eigenvalue weighted by Crippen LogP contribution is 2.42. The minimum absolute atomic E-state index is 0.390. The van der Waals surface area contributed by atoms with Gasteiger partial charge in [0, 0.05) is 48.2 Å². The topological polar surface area (TPSA) is 24.5 Å². The fourth-order valence-electron chi connectivity index (χ4n) is 3.77. The molecular weight excluding hydrogens is 389 g/mol. The van der Waals surface area contributed by atoms with Gasteiger partial charge < -0.3 is 15.0 Å². The lowest BCUT2D eigenvalue weighted by Gasteiger charge is -2.26. The van der Waals surface area contributed by atoms with Crippen molar-refractivity contribution >= 4 is 17.1 Å². The van der Waals surface area contributed by atoms with Gasteiger partial charge in [0.25, 0.3) is 0 Å². The third-order valence-electron chi connectivity index (χ3n) is 5.37. The molecule has 3 aromatic rings. The number of anilines is 3. The Morgan fingerprint density at radius 1 is 0.933 bits per heavy atom. The standard InChI is InChI=1S/C24H23F3N2O/c1-3-29(4-2)19-12-11-16-13-20-21(9-6-10-22(20)30-23(16)15-19)28-18-8-5-7-17(14-18)24(25,26)27/h5-12,14-15,28H,3-4,13H2,1-2H3. The van der Waals surface area contributed by atoms with Gasteiger partial charge in [0.15, 0.2) is 0 Å². The van der Waals surface area contributed by atoms with Crippen molar-refractivity contribution in [2.45, 2.75) is 26.4 Å². The first-order chi connectivity index (χ1) is 14.4. The Bertz CT molecular complexity index is 1060. The van der Waals surface area contributed by atoms with Crippen molar-refractivity contribution in [3.8, 4) is 11.5 Å². The first-order valence-electron chi connectivity index (χ1n) is 10.0. The van der Waals surface area contributed by atoms with Gasteiger partial charge in [-0.05, 0) is 55.8 Å². The van der Waals surface area contributed by atoms with E-state index in [2.05, 4.69) is 42.3 Å². The summed E-state index contributed by atoms with van der Waals surface area (Å²) >= 11 is 0. The van der Waals surface area contributed by atoms with Crippen LogP contribution in [0, 0.1) is 0 Å². The van der Waals surface area contributed by atoms with Gasteiger partial charge in [0.05, 0.1) is 5.56 Å². The van der Waals surface area contributed by atoms with Gasteiger partial charge in [0.1, 0.15) is 11.5 Å². The molecule has 1 aliphatic rings. The van der Waals surface area contributed by atoms with Crippen LogP contribution < -0.4 is 15.0 Å². The van der Waals surface area contributed by atoms with Crippen molar-refractivity contribution < 1.29 is 17.9 Å². The van der Waals surface area contributed by atoms with Crippen molar-refractivity contribution in [2.75, 3.05) is 23.3 Å². The maximum Gasteiger partial charge on any atom is 0.416 e. The largest absolute Gasteiger partial charge is 0.457 e. The van der Waals surface area contributed by atoms with E-state index in [-0.39, 0.29) is 0 Å². The predicted octanol–water partition coefficient (Wildman–Crippen LogP) is 6.99. The third kappa shape index (κ3) is 3.95. The van der Waals surface area contributed by atoms with E-state index in [9.17, 15) is 13.2 Å². The normalized spacial score (nSPS) is 12.6. The molecule has 6 heteroatoms. The average molecular weight is 412 g/mol.